The van der Waals surface area contributed by atoms with E-state index in [1.807, 2.05) is 24.3 Å². The number of aryl methyl sites for hydroxylation is 1. The first-order chi connectivity index (χ1) is 11.6. The van der Waals surface area contributed by atoms with Crippen LogP contribution in [-0.4, -0.2) is 39.2 Å². The van der Waals surface area contributed by atoms with E-state index in [0.29, 0.717) is 18.7 Å². The number of aromatic nitrogens is 3. The number of rotatable bonds is 3. The monoisotopic (exact) mass is 323 g/mol. The van der Waals surface area contributed by atoms with E-state index < -0.39 is 6.04 Å². The summed E-state index contributed by atoms with van der Waals surface area (Å²) in [5.41, 5.74) is 2.12. The SMILES string of the molecule is Cn1cc(N2CCC(NC(=O)c3cc4ccccc4[nH]3)C2=O)cn1. The highest BCUT2D eigenvalue weighted by molar-refractivity contribution is 6.04. The zero-order valence-corrected chi connectivity index (χ0v) is 13.2. The second-order valence-corrected chi connectivity index (χ2v) is 5.95. The minimum atomic E-state index is -0.510. The van der Waals surface area contributed by atoms with Crippen LogP contribution in [0.25, 0.3) is 10.9 Å². The smallest absolute Gasteiger partial charge is 0.268 e. The van der Waals surface area contributed by atoms with Crippen molar-refractivity contribution in [3.63, 3.8) is 0 Å². The first kappa shape index (κ1) is 14.5. The van der Waals surface area contributed by atoms with Gasteiger partial charge in [0.05, 0.1) is 11.9 Å². The summed E-state index contributed by atoms with van der Waals surface area (Å²) in [6.07, 6.45) is 4.03. The van der Waals surface area contributed by atoms with Crippen LogP contribution in [0, 0.1) is 0 Å². The zero-order chi connectivity index (χ0) is 16.7. The summed E-state index contributed by atoms with van der Waals surface area (Å²) in [6, 6.07) is 8.97. The van der Waals surface area contributed by atoms with Gasteiger partial charge in [0, 0.05) is 30.7 Å². The summed E-state index contributed by atoms with van der Waals surface area (Å²) in [5.74, 6) is -0.370. The van der Waals surface area contributed by atoms with Gasteiger partial charge in [-0.25, -0.2) is 0 Å². The quantitative estimate of drug-likeness (QED) is 0.765. The largest absolute Gasteiger partial charge is 0.351 e. The Labute approximate surface area is 138 Å². The molecule has 1 aliphatic heterocycles. The number of amides is 2. The van der Waals surface area contributed by atoms with Gasteiger partial charge in [0.15, 0.2) is 0 Å². The van der Waals surface area contributed by atoms with E-state index in [9.17, 15) is 9.59 Å². The van der Waals surface area contributed by atoms with Gasteiger partial charge in [-0.05, 0) is 18.6 Å². The van der Waals surface area contributed by atoms with Crippen molar-refractivity contribution >= 4 is 28.4 Å². The van der Waals surface area contributed by atoms with Crippen molar-refractivity contribution < 1.29 is 9.59 Å². The maximum absolute atomic E-state index is 12.5. The Morgan fingerprint density at radius 2 is 2.21 bits per heavy atom. The third-order valence-electron chi connectivity index (χ3n) is 4.29. The van der Waals surface area contributed by atoms with Crippen molar-refractivity contribution in [1.29, 1.82) is 0 Å². The minimum Gasteiger partial charge on any atom is -0.351 e. The maximum atomic E-state index is 12.5. The molecule has 3 aromatic rings. The lowest BCUT2D eigenvalue weighted by Gasteiger charge is -2.14. The number of anilines is 1. The predicted octanol–water partition coefficient (Wildman–Crippen LogP) is 1.44. The minimum absolute atomic E-state index is 0.104. The summed E-state index contributed by atoms with van der Waals surface area (Å²) in [7, 11) is 1.80. The summed E-state index contributed by atoms with van der Waals surface area (Å²) >= 11 is 0. The van der Waals surface area contributed by atoms with Crippen LogP contribution in [0.3, 0.4) is 0 Å². The number of para-hydroxylation sites is 1. The Kier molecular flexibility index (Phi) is 3.34. The number of benzene rings is 1. The molecule has 0 spiro atoms. The van der Waals surface area contributed by atoms with Crippen molar-refractivity contribution in [3.8, 4) is 0 Å². The fourth-order valence-electron chi connectivity index (χ4n) is 3.05. The van der Waals surface area contributed by atoms with Gasteiger partial charge in [0.1, 0.15) is 11.7 Å². The second-order valence-electron chi connectivity index (χ2n) is 5.95. The summed E-state index contributed by atoms with van der Waals surface area (Å²) in [6.45, 7) is 0.572. The lowest BCUT2D eigenvalue weighted by Crippen LogP contribution is -2.41. The summed E-state index contributed by atoms with van der Waals surface area (Å²) < 4.78 is 1.65. The number of fused-ring (bicyclic) bond motifs is 1. The van der Waals surface area contributed by atoms with Crippen LogP contribution in [0.2, 0.25) is 0 Å². The van der Waals surface area contributed by atoms with Gasteiger partial charge in [0.25, 0.3) is 5.91 Å². The molecule has 2 N–H and O–H groups in total. The highest BCUT2D eigenvalue weighted by Gasteiger charge is 2.34. The average Bonchev–Trinajstić information content (AvgIpc) is 3.27. The van der Waals surface area contributed by atoms with E-state index in [0.717, 1.165) is 16.6 Å². The van der Waals surface area contributed by atoms with Crippen molar-refractivity contribution in [2.75, 3.05) is 11.4 Å². The van der Waals surface area contributed by atoms with E-state index >= 15 is 0 Å². The number of H-pyrrole nitrogens is 1. The third-order valence-corrected chi connectivity index (χ3v) is 4.29. The molecule has 24 heavy (non-hydrogen) atoms. The third kappa shape index (κ3) is 2.44. The lowest BCUT2D eigenvalue weighted by molar-refractivity contribution is -0.118. The second kappa shape index (κ2) is 5.52. The number of aromatic amines is 1. The molecule has 1 saturated heterocycles. The Balaban J connectivity index is 1.49. The Morgan fingerprint density at radius 1 is 1.38 bits per heavy atom. The van der Waals surface area contributed by atoms with Gasteiger partial charge in [-0.3, -0.25) is 14.3 Å². The lowest BCUT2D eigenvalue weighted by atomic mass is 10.2. The van der Waals surface area contributed by atoms with Gasteiger partial charge < -0.3 is 15.2 Å². The normalized spacial score (nSPS) is 17.6. The van der Waals surface area contributed by atoms with Gasteiger partial charge in [-0.2, -0.15) is 5.10 Å². The molecule has 3 heterocycles. The zero-order valence-electron chi connectivity index (χ0n) is 13.2. The van der Waals surface area contributed by atoms with Crippen LogP contribution in [0.4, 0.5) is 5.69 Å². The predicted molar refractivity (Wildman–Crippen MR) is 89.7 cm³/mol. The molecule has 122 valence electrons. The van der Waals surface area contributed by atoms with Gasteiger partial charge in [-0.15, -0.1) is 0 Å². The highest BCUT2D eigenvalue weighted by Crippen LogP contribution is 2.21. The number of carbonyl (C=O) groups excluding carboxylic acids is 2. The van der Waals surface area contributed by atoms with Crippen molar-refractivity contribution in [2.24, 2.45) is 7.05 Å². The van der Waals surface area contributed by atoms with E-state index in [4.69, 9.17) is 0 Å². The van der Waals surface area contributed by atoms with E-state index in [-0.39, 0.29) is 11.8 Å². The maximum Gasteiger partial charge on any atom is 0.268 e. The van der Waals surface area contributed by atoms with E-state index in [1.165, 1.54) is 0 Å². The fourth-order valence-corrected chi connectivity index (χ4v) is 3.05. The molecule has 1 aromatic carbocycles. The van der Waals surface area contributed by atoms with Crippen LogP contribution >= 0.6 is 0 Å². The molecule has 0 saturated carbocycles. The summed E-state index contributed by atoms with van der Waals surface area (Å²) in [4.78, 5) is 29.7. The Morgan fingerprint density at radius 3 is 2.96 bits per heavy atom. The molecule has 7 heteroatoms. The first-order valence-electron chi connectivity index (χ1n) is 7.80. The summed E-state index contributed by atoms with van der Waals surface area (Å²) in [5, 5.41) is 7.88. The highest BCUT2D eigenvalue weighted by atomic mass is 16.2. The number of carbonyl (C=O) groups is 2. The molecule has 7 nitrogen and oxygen atoms in total. The standard InChI is InChI=1S/C17H17N5O2/c1-21-10-12(9-18-21)22-7-6-14(17(22)24)20-16(23)15-8-11-4-2-3-5-13(11)19-15/h2-5,8-10,14,19H,6-7H2,1H3,(H,20,23). The van der Waals surface area contributed by atoms with Crippen LogP contribution in [-0.2, 0) is 11.8 Å². The molecule has 0 radical (unpaired) electrons. The van der Waals surface area contributed by atoms with Crippen LogP contribution in [0.5, 0.6) is 0 Å². The molecule has 1 aliphatic rings. The number of hydrogen-bond acceptors (Lipinski definition) is 3. The topological polar surface area (TPSA) is 83.0 Å². The number of nitrogens with one attached hydrogen (secondary N) is 2. The van der Waals surface area contributed by atoms with Crippen LogP contribution in [0.1, 0.15) is 16.9 Å². The van der Waals surface area contributed by atoms with Crippen molar-refractivity contribution in [3.05, 3.63) is 48.4 Å². The van der Waals surface area contributed by atoms with Crippen LogP contribution in [0.15, 0.2) is 42.7 Å². The first-order valence-corrected chi connectivity index (χ1v) is 7.80. The van der Waals surface area contributed by atoms with Crippen LogP contribution < -0.4 is 10.2 Å². The average molecular weight is 323 g/mol. The van der Waals surface area contributed by atoms with Gasteiger partial charge in [-0.1, -0.05) is 18.2 Å². The number of hydrogen-bond donors (Lipinski definition) is 2. The molecular weight excluding hydrogens is 306 g/mol. The molecular formula is C17H17N5O2. The van der Waals surface area contributed by atoms with E-state index in [1.54, 1.807) is 35.1 Å². The van der Waals surface area contributed by atoms with Gasteiger partial charge in [0.2, 0.25) is 5.91 Å². The molecule has 2 aromatic heterocycles. The Bertz CT molecular complexity index is 893. The molecule has 0 aliphatic carbocycles. The Hall–Kier alpha value is -3.09. The molecule has 1 unspecified atom stereocenters. The van der Waals surface area contributed by atoms with Crippen molar-refractivity contribution in [2.45, 2.75) is 12.5 Å². The molecule has 1 fully saturated rings. The molecule has 0 bridgehead atoms. The van der Waals surface area contributed by atoms with Crippen molar-refractivity contribution in [1.82, 2.24) is 20.1 Å². The molecule has 4 rings (SSSR count). The van der Waals surface area contributed by atoms with Gasteiger partial charge >= 0.3 is 0 Å². The fraction of sp³-hybridized carbons (Fsp3) is 0.235. The van der Waals surface area contributed by atoms with E-state index in [2.05, 4.69) is 15.4 Å². The molecule has 2 amide bonds. The number of nitrogens with zero attached hydrogens (tertiary/aromatic N) is 3. The molecule has 1 atom stereocenters.